The monoisotopic (exact) mass is 187 g/mol. The summed E-state index contributed by atoms with van der Waals surface area (Å²) in [6.07, 6.45) is 0. The lowest BCUT2D eigenvalue weighted by Gasteiger charge is -1.90. The van der Waals surface area contributed by atoms with E-state index in [1.807, 2.05) is 0 Å². The van der Waals surface area contributed by atoms with Crippen LogP contribution in [0.15, 0.2) is 0 Å². The van der Waals surface area contributed by atoms with Crippen molar-refractivity contribution in [3.05, 3.63) is 0 Å². The minimum atomic E-state index is -2.99. The van der Waals surface area contributed by atoms with Crippen molar-refractivity contribution in [2.45, 2.75) is 0 Å². The van der Waals surface area contributed by atoms with Gasteiger partial charge in [-0.15, -0.1) is 0 Å². The topological polar surface area (TPSA) is 46.2 Å². The summed E-state index contributed by atoms with van der Waals surface area (Å²) in [5.74, 6) is 0. The van der Waals surface area contributed by atoms with Crippen LogP contribution in [0.4, 0.5) is 0 Å². The molecule has 0 rings (SSSR count). The van der Waals surface area contributed by atoms with E-state index in [0.29, 0.717) is 0 Å². The molecule has 1 N–H and O–H groups in total. The van der Waals surface area contributed by atoms with E-state index in [4.69, 9.17) is 0 Å². The lowest BCUT2D eigenvalue weighted by molar-refractivity contribution is 0.593. The maximum atomic E-state index is 10.2. The second kappa shape index (κ2) is 2.64. The van der Waals surface area contributed by atoms with E-state index in [1.165, 1.54) is 7.05 Å². The van der Waals surface area contributed by atoms with Crippen molar-refractivity contribution in [2.24, 2.45) is 0 Å². The van der Waals surface area contributed by atoms with Crippen LogP contribution in [-0.4, -0.2) is 20.1 Å². The summed E-state index contributed by atoms with van der Waals surface area (Å²) in [7, 11) is -1.62. The average molecular weight is 188 g/mol. The molecule has 0 unspecified atom stereocenters. The minimum absolute atomic E-state index is 0.0312. The molecule has 0 aromatic heterocycles. The van der Waals surface area contributed by atoms with Crippen LogP contribution in [0.3, 0.4) is 0 Å². The van der Waals surface area contributed by atoms with Gasteiger partial charge in [0.15, 0.2) is 0 Å². The number of halogens is 1. The van der Waals surface area contributed by atoms with Gasteiger partial charge in [-0.05, 0) is 7.05 Å². The molecule has 0 aromatic carbocycles. The highest BCUT2D eigenvalue weighted by molar-refractivity contribution is 9.10. The van der Waals surface area contributed by atoms with Crippen molar-refractivity contribution >= 4 is 26.0 Å². The fourth-order valence-corrected chi connectivity index (χ4v) is 0.850. The Morgan fingerprint density at radius 1 is 1.71 bits per heavy atom. The Labute approximate surface area is 51.3 Å². The standard InChI is InChI=1S/C2H6BrNO2S/c1-4-7(5,6)2-3/h4H,2H2,1H3. The van der Waals surface area contributed by atoms with Gasteiger partial charge in [-0.3, -0.25) is 0 Å². The van der Waals surface area contributed by atoms with Gasteiger partial charge in [-0.25, -0.2) is 13.1 Å². The second-order valence-electron chi connectivity index (χ2n) is 0.928. The molecule has 0 aromatic rings. The molecule has 0 aliphatic carbocycles. The van der Waals surface area contributed by atoms with Gasteiger partial charge >= 0.3 is 0 Å². The third-order valence-electron chi connectivity index (χ3n) is 0.455. The predicted octanol–water partition coefficient (Wildman–Crippen LogP) is -0.112. The summed E-state index contributed by atoms with van der Waals surface area (Å²) in [4.78, 5) is 0. The third-order valence-corrected chi connectivity index (χ3v) is 3.17. The van der Waals surface area contributed by atoms with E-state index in [9.17, 15) is 8.42 Å². The second-order valence-corrected chi connectivity index (χ2v) is 4.16. The minimum Gasteiger partial charge on any atom is -0.218 e. The van der Waals surface area contributed by atoms with Crippen molar-refractivity contribution in [3.63, 3.8) is 0 Å². The molecule has 0 radical (unpaired) electrons. The molecule has 0 saturated heterocycles. The van der Waals surface area contributed by atoms with E-state index in [-0.39, 0.29) is 4.66 Å². The zero-order chi connectivity index (χ0) is 5.91. The van der Waals surface area contributed by atoms with E-state index < -0.39 is 10.0 Å². The first kappa shape index (κ1) is 7.39. The predicted molar refractivity (Wildman–Crippen MR) is 31.8 cm³/mol. The summed E-state index contributed by atoms with van der Waals surface area (Å²) in [6.45, 7) is 0. The molecule has 0 aliphatic rings. The third kappa shape index (κ3) is 3.02. The Hall–Kier alpha value is 0.390. The molecule has 3 nitrogen and oxygen atoms in total. The van der Waals surface area contributed by atoms with Crippen LogP contribution in [0.5, 0.6) is 0 Å². The Kier molecular flexibility index (Phi) is 2.78. The highest BCUT2D eigenvalue weighted by Gasteiger charge is 1.99. The number of sulfonamides is 1. The van der Waals surface area contributed by atoms with Crippen LogP contribution in [0.25, 0.3) is 0 Å². The van der Waals surface area contributed by atoms with Crippen LogP contribution in [0, 0.1) is 0 Å². The van der Waals surface area contributed by atoms with Crippen molar-refractivity contribution in [1.29, 1.82) is 0 Å². The Morgan fingerprint density at radius 2 is 2.14 bits per heavy atom. The first-order valence-electron chi connectivity index (χ1n) is 1.59. The smallest absolute Gasteiger partial charge is 0.218 e. The van der Waals surface area contributed by atoms with Crippen molar-refractivity contribution in [2.75, 3.05) is 11.7 Å². The Morgan fingerprint density at radius 3 is 2.14 bits per heavy atom. The fraction of sp³-hybridized carbons (Fsp3) is 1.00. The highest BCUT2D eigenvalue weighted by Crippen LogP contribution is 1.86. The molecule has 44 valence electrons. The highest BCUT2D eigenvalue weighted by atomic mass is 79.9. The van der Waals surface area contributed by atoms with Crippen molar-refractivity contribution in [3.8, 4) is 0 Å². The van der Waals surface area contributed by atoms with E-state index in [0.717, 1.165) is 0 Å². The maximum absolute atomic E-state index is 10.2. The normalized spacial score (nSPS) is 11.7. The molecule has 0 bridgehead atoms. The molecule has 0 saturated carbocycles. The van der Waals surface area contributed by atoms with E-state index >= 15 is 0 Å². The van der Waals surface area contributed by atoms with Gasteiger partial charge in [-0.2, -0.15) is 0 Å². The van der Waals surface area contributed by atoms with E-state index in [1.54, 1.807) is 0 Å². The van der Waals surface area contributed by atoms with Crippen molar-refractivity contribution < 1.29 is 8.42 Å². The van der Waals surface area contributed by atoms with Gasteiger partial charge in [0.25, 0.3) is 0 Å². The zero-order valence-electron chi connectivity index (χ0n) is 3.81. The number of hydrogen-bond donors (Lipinski definition) is 1. The van der Waals surface area contributed by atoms with Gasteiger partial charge in [0.1, 0.15) is 4.66 Å². The van der Waals surface area contributed by atoms with Gasteiger partial charge < -0.3 is 0 Å². The average Bonchev–Trinajstić information content (AvgIpc) is 1.68. The summed E-state index contributed by atoms with van der Waals surface area (Å²) in [5.41, 5.74) is 0. The van der Waals surface area contributed by atoms with Crippen molar-refractivity contribution in [1.82, 2.24) is 4.72 Å². The molecular weight excluding hydrogens is 182 g/mol. The maximum Gasteiger partial charge on any atom is 0.221 e. The fourth-order valence-electron chi connectivity index (χ4n) is 0.0546. The molecule has 0 fully saturated rings. The van der Waals surface area contributed by atoms with Gasteiger partial charge in [0, 0.05) is 0 Å². The van der Waals surface area contributed by atoms with Crippen LogP contribution < -0.4 is 4.72 Å². The molecule has 5 heteroatoms. The van der Waals surface area contributed by atoms with Gasteiger partial charge in [0.2, 0.25) is 10.0 Å². The zero-order valence-corrected chi connectivity index (χ0v) is 6.21. The number of rotatable bonds is 2. The summed E-state index contributed by atoms with van der Waals surface area (Å²) < 4.78 is 22.5. The lowest BCUT2D eigenvalue weighted by Crippen LogP contribution is -2.18. The van der Waals surface area contributed by atoms with Crippen LogP contribution in [-0.2, 0) is 10.0 Å². The summed E-state index contributed by atoms with van der Waals surface area (Å²) >= 11 is 2.78. The Balaban J connectivity index is 3.89. The molecule has 0 amide bonds. The van der Waals surface area contributed by atoms with E-state index in [2.05, 4.69) is 20.7 Å². The molecule has 0 atom stereocenters. The Bertz CT molecular complexity index is 119. The number of alkyl halides is 1. The van der Waals surface area contributed by atoms with Gasteiger partial charge in [-0.1, -0.05) is 15.9 Å². The molecule has 7 heavy (non-hydrogen) atoms. The summed E-state index contributed by atoms with van der Waals surface area (Å²) in [6, 6.07) is 0. The van der Waals surface area contributed by atoms with Crippen LogP contribution in [0.2, 0.25) is 0 Å². The molecule has 0 spiro atoms. The first-order chi connectivity index (χ1) is 3.12. The summed E-state index contributed by atoms with van der Waals surface area (Å²) in [5, 5.41) is 0. The molecule has 0 heterocycles. The molecule has 0 aliphatic heterocycles. The molecular formula is C2H6BrNO2S. The lowest BCUT2D eigenvalue weighted by atomic mass is 11.6. The van der Waals surface area contributed by atoms with Crippen LogP contribution in [0.1, 0.15) is 0 Å². The SMILES string of the molecule is CNS(=O)(=O)CBr. The number of hydrogen-bond acceptors (Lipinski definition) is 2. The largest absolute Gasteiger partial charge is 0.221 e. The first-order valence-corrected chi connectivity index (χ1v) is 4.37. The van der Waals surface area contributed by atoms with Gasteiger partial charge in [0.05, 0.1) is 0 Å². The quantitative estimate of drug-likeness (QED) is 0.614. The number of nitrogens with one attached hydrogen (secondary N) is 1. The van der Waals surface area contributed by atoms with Crippen LogP contribution >= 0.6 is 15.9 Å².